The van der Waals surface area contributed by atoms with Crippen LogP contribution in [0.5, 0.6) is 11.5 Å². The van der Waals surface area contributed by atoms with Gasteiger partial charge in [-0.25, -0.2) is 0 Å². The highest BCUT2D eigenvalue weighted by Gasteiger charge is 2.33. The third-order valence-corrected chi connectivity index (χ3v) is 5.08. The predicted molar refractivity (Wildman–Crippen MR) is 97.8 cm³/mol. The van der Waals surface area contributed by atoms with Gasteiger partial charge in [-0.2, -0.15) is 0 Å². The molecule has 0 saturated carbocycles. The first-order chi connectivity index (χ1) is 11.8. The number of hydrogen-bond donors (Lipinski definition) is 1. The van der Waals surface area contributed by atoms with Crippen LogP contribution >= 0.6 is 0 Å². The van der Waals surface area contributed by atoms with Gasteiger partial charge in [0.25, 0.3) is 0 Å². The van der Waals surface area contributed by atoms with E-state index in [1.807, 2.05) is 12.1 Å². The summed E-state index contributed by atoms with van der Waals surface area (Å²) >= 11 is 0. The van der Waals surface area contributed by atoms with Gasteiger partial charge in [-0.1, -0.05) is 67.9 Å². The van der Waals surface area contributed by atoms with Crippen LogP contribution in [-0.4, -0.2) is 11.7 Å². The molecule has 0 spiro atoms. The SMILES string of the molecule is CCC[C@@H](CO)[C@H]1c2ccccc2Oc2c1ccc1ccccc21. The molecule has 0 aromatic heterocycles. The first-order valence-corrected chi connectivity index (χ1v) is 8.72. The Hall–Kier alpha value is -2.32. The molecule has 0 saturated heterocycles. The average molecular weight is 318 g/mol. The van der Waals surface area contributed by atoms with Crippen molar-refractivity contribution >= 4 is 10.8 Å². The lowest BCUT2D eigenvalue weighted by Gasteiger charge is -2.33. The second-order valence-corrected chi connectivity index (χ2v) is 6.55. The number of para-hydroxylation sites is 1. The van der Waals surface area contributed by atoms with Crippen molar-refractivity contribution in [2.75, 3.05) is 6.61 Å². The Morgan fingerprint density at radius 3 is 2.58 bits per heavy atom. The number of ether oxygens (including phenoxy) is 1. The zero-order valence-corrected chi connectivity index (χ0v) is 13.9. The fourth-order valence-electron chi connectivity index (χ4n) is 3.97. The molecule has 0 unspecified atom stereocenters. The van der Waals surface area contributed by atoms with E-state index >= 15 is 0 Å². The van der Waals surface area contributed by atoms with Crippen molar-refractivity contribution in [3.63, 3.8) is 0 Å². The highest BCUT2D eigenvalue weighted by molar-refractivity contribution is 5.90. The van der Waals surface area contributed by atoms with Crippen LogP contribution in [0.2, 0.25) is 0 Å². The quantitative estimate of drug-likeness (QED) is 0.689. The Kier molecular flexibility index (Phi) is 3.99. The van der Waals surface area contributed by atoms with E-state index in [0.29, 0.717) is 0 Å². The molecule has 1 aliphatic rings. The maximum absolute atomic E-state index is 10.0. The molecule has 3 aromatic rings. The zero-order chi connectivity index (χ0) is 16.5. The molecule has 2 nitrogen and oxygen atoms in total. The van der Waals surface area contributed by atoms with Crippen molar-refractivity contribution in [2.24, 2.45) is 5.92 Å². The zero-order valence-electron chi connectivity index (χ0n) is 13.9. The van der Waals surface area contributed by atoms with Crippen LogP contribution in [0, 0.1) is 5.92 Å². The Morgan fingerprint density at radius 2 is 1.75 bits per heavy atom. The van der Waals surface area contributed by atoms with Crippen molar-refractivity contribution in [1.82, 2.24) is 0 Å². The van der Waals surface area contributed by atoms with Crippen LogP contribution in [0.1, 0.15) is 36.8 Å². The summed E-state index contributed by atoms with van der Waals surface area (Å²) in [6.45, 7) is 2.37. The van der Waals surface area contributed by atoms with E-state index in [1.54, 1.807) is 0 Å². The first kappa shape index (κ1) is 15.2. The average Bonchev–Trinajstić information content (AvgIpc) is 2.64. The van der Waals surface area contributed by atoms with Gasteiger partial charge in [-0.3, -0.25) is 0 Å². The molecule has 0 amide bonds. The van der Waals surface area contributed by atoms with Crippen LogP contribution < -0.4 is 4.74 Å². The minimum absolute atomic E-state index is 0.180. The van der Waals surface area contributed by atoms with Gasteiger partial charge in [0.05, 0.1) is 0 Å². The summed E-state index contributed by atoms with van der Waals surface area (Å²) in [5, 5.41) is 12.4. The smallest absolute Gasteiger partial charge is 0.139 e. The molecule has 24 heavy (non-hydrogen) atoms. The van der Waals surface area contributed by atoms with Crippen LogP contribution in [0.25, 0.3) is 10.8 Å². The highest BCUT2D eigenvalue weighted by atomic mass is 16.5. The standard InChI is InChI=1S/C22H22O2/c1-2-7-16(14-23)21-18-10-5-6-11-20(18)24-22-17-9-4-3-8-15(17)12-13-19(21)22/h3-6,8-13,16,21,23H,2,7,14H2,1H3/t16-,21-/m0/s1. The summed E-state index contributed by atoms with van der Waals surface area (Å²) in [4.78, 5) is 0. The maximum atomic E-state index is 10.0. The van der Waals surface area contributed by atoms with Gasteiger partial charge < -0.3 is 9.84 Å². The minimum atomic E-state index is 0.180. The largest absolute Gasteiger partial charge is 0.456 e. The molecule has 2 heteroatoms. The molecule has 4 rings (SSSR count). The van der Waals surface area contributed by atoms with Crippen LogP contribution in [0.15, 0.2) is 60.7 Å². The van der Waals surface area contributed by atoms with E-state index in [0.717, 1.165) is 29.7 Å². The number of benzene rings is 3. The Balaban J connectivity index is 1.95. The summed E-state index contributed by atoms with van der Waals surface area (Å²) in [6, 6.07) is 20.9. The molecular formula is C22H22O2. The van der Waals surface area contributed by atoms with Crippen molar-refractivity contribution in [1.29, 1.82) is 0 Å². The van der Waals surface area contributed by atoms with E-state index in [1.165, 1.54) is 16.5 Å². The van der Waals surface area contributed by atoms with Gasteiger partial charge in [0.2, 0.25) is 0 Å². The van der Waals surface area contributed by atoms with Gasteiger partial charge in [-0.15, -0.1) is 0 Å². The molecule has 0 fully saturated rings. The molecule has 2 atom stereocenters. The molecule has 0 aliphatic carbocycles. The molecule has 3 aromatic carbocycles. The third-order valence-electron chi connectivity index (χ3n) is 5.08. The van der Waals surface area contributed by atoms with Gasteiger partial charge in [0.1, 0.15) is 11.5 Å². The first-order valence-electron chi connectivity index (χ1n) is 8.72. The Labute approximate surface area is 142 Å². The van der Waals surface area contributed by atoms with Crippen molar-refractivity contribution in [3.8, 4) is 11.5 Å². The van der Waals surface area contributed by atoms with Crippen LogP contribution in [0.3, 0.4) is 0 Å². The van der Waals surface area contributed by atoms with Crippen molar-refractivity contribution in [2.45, 2.75) is 25.7 Å². The molecule has 0 radical (unpaired) electrons. The second-order valence-electron chi connectivity index (χ2n) is 6.55. The predicted octanol–water partition coefficient (Wildman–Crippen LogP) is 5.49. The third kappa shape index (κ3) is 2.38. The summed E-state index contributed by atoms with van der Waals surface area (Å²) < 4.78 is 6.31. The summed E-state index contributed by atoms with van der Waals surface area (Å²) in [5.74, 6) is 2.26. The molecule has 122 valence electrons. The number of aliphatic hydroxyl groups is 1. The topological polar surface area (TPSA) is 29.5 Å². The van der Waals surface area contributed by atoms with E-state index < -0.39 is 0 Å². The van der Waals surface area contributed by atoms with E-state index in [-0.39, 0.29) is 18.4 Å². The second kappa shape index (κ2) is 6.29. The fourth-order valence-corrected chi connectivity index (χ4v) is 3.97. The monoisotopic (exact) mass is 318 g/mol. The van der Waals surface area contributed by atoms with E-state index in [9.17, 15) is 5.11 Å². The summed E-state index contributed by atoms with van der Waals surface area (Å²) in [6.07, 6.45) is 2.06. The van der Waals surface area contributed by atoms with Crippen LogP contribution in [-0.2, 0) is 0 Å². The Morgan fingerprint density at radius 1 is 0.958 bits per heavy atom. The Bertz CT molecular complexity index is 869. The van der Waals surface area contributed by atoms with E-state index in [4.69, 9.17) is 4.74 Å². The highest BCUT2D eigenvalue weighted by Crippen LogP contribution is 2.50. The lowest BCUT2D eigenvalue weighted by Crippen LogP contribution is -2.22. The normalized spacial score (nSPS) is 17.0. The molecule has 1 aliphatic heterocycles. The number of fused-ring (bicyclic) bond motifs is 4. The van der Waals surface area contributed by atoms with E-state index in [2.05, 4.69) is 55.5 Å². The fraction of sp³-hybridized carbons (Fsp3) is 0.273. The van der Waals surface area contributed by atoms with Gasteiger partial charge in [-0.05, 0) is 23.8 Å². The molecule has 1 N–H and O–H groups in total. The van der Waals surface area contributed by atoms with Crippen LogP contribution in [0.4, 0.5) is 0 Å². The summed E-state index contributed by atoms with van der Waals surface area (Å²) in [7, 11) is 0. The maximum Gasteiger partial charge on any atom is 0.139 e. The lowest BCUT2D eigenvalue weighted by atomic mass is 9.76. The van der Waals surface area contributed by atoms with Gasteiger partial charge in [0, 0.05) is 29.0 Å². The number of rotatable bonds is 4. The molecule has 0 bridgehead atoms. The van der Waals surface area contributed by atoms with Gasteiger partial charge >= 0.3 is 0 Å². The molecule has 1 heterocycles. The van der Waals surface area contributed by atoms with Crippen molar-refractivity contribution in [3.05, 3.63) is 71.8 Å². The number of aliphatic hydroxyl groups excluding tert-OH is 1. The van der Waals surface area contributed by atoms with Gasteiger partial charge in [0.15, 0.2) is 0 Å². The van der Waals surface area contributed by atoms with Crippen molar-refractivity contribution < 1.29 is 9.84 Å². The number of hydrogen-bond acceptors (Lipinski definition) is 2. The molecular weight excluding hydrogens is 296 g/mol. The minimum Gasteiger partial charge on any atom is -0.456 e. The summed E-state index contributed by atoms with van der Waals surface area (Å²) in [5.41, 5.74) is 2.38. The lowest BCUT2D eigenvalue weighted by molar-refractivity contribution is 0.200.